The van der Waals surface area contributed by atoms with Crippen molar-refractivity contribution in [3.8, 4) is 44.8 Å². The highest BCUT2D eigenvalue weighted by atomic mass is 15.1. The van der Waals surface area contributed by atoms with Gasteiger partial charge in [0, 0.05) is 50.0 Å². The Bertz CT molecular complexity index is 3390. The number of hydrogen-bond acceptors (Lipinski definition) is 1. The molecule has 0 atom stereocenters. The van der Waals surface area contributed by atoms with Crippen molar-refractivity contribution < 1.29 is 0 Å². The van der Waals surface area contributed by atoms with Crippen molar-refractivity contribution in [1.29, 1.82) is 0 Å². The van der Waals surface area contributed by atoms with Gasteiger partial charge in [-0.05, 0) is 149 Å². The van der Waals surface area contributed by atoms with Crippen LogP contribution in [0.25, 0.3) is 88.4 Å². The maximum absolute atomic E-state index is 2.39. The highest BCUT2D eigenvalue weighted by molar-refractivity contribution is 6.12. The molecule has 0 fully saturated rings. The average Bonchev–Trinajstić information content (AvgIpc) is 3.87. The first kappa shape index (κ1) is 36.5. The molecule has 0 bridgehead atoms. The summed E-state index contributed by atoms with van der Waals surface area (Å²) < 4.78 is 4.77. The molecular formula is C60H41N3. The summed E-state index contributed by atoms with van der Waals surface area (Å²) in [5, 5.41) is 4.95. The van der Waals surface area contributed by atoms with Gasteiger partial charge in [0.15, 0.2) is 0 Å². The van der Waals surface area contributed by atoms with Crippen molar-refractivity contribution in [3.05, 3.63) is 249 Å². The van der Waals surface area contributed by atoms with E-state index < -0.39 is 0 Å². The van der Waals surface area contributed by atoms with Crippen LogP contribution in [-0.4, -0.2) is 9.13 Å². The van der Waals surface area contributed by atoms with Gasteiger partial charge in [0.2, 0.25) is 0 Å². The fourth-order valence-corrected chi connectivity index (χ4v) is 9.57. The molecule has 0 aliphatic heterocycles. The van der Waals surface area contributed by atoms with Crippen LogP contribution in [0.2, 0.25) is 0 Å². The van der Waals surface area contributed by atoms with Crippen molar-refractivity contribution in [2.24, 2.45) is 0 Å². The molecule has 0 radical (unpaired) electrons. The van der Waals surface area contributed by atoms with Crippen LogP contribution < -0.4 is 4.90 Å². The fraction of sp³-hybridized carbons (Fsp3) is 0. The summed E-state index contributed by atoms with van der Waals surface area (Å²) in [6.07, 6.45) is 0. The summed E-state index contributed by atoms with van der Waals surface area (Å²) in [6.45, 7) is 0. The lowest BCUT2D eigenvalue weighted by Crippen LogP contribution is -2.09. The molecule has 10 aromatic carbocycles. The first-order valence-electron chi connectivity index (χ1n) is 21.6. The monoisotopic (exact) mass is 803 g/mol. The Kier molecular flexibility index (Phi) is 8.83. The number of benzene rings is 10. The smallest absolute Gasteiger partial charge is 0.0541 e. The predicted molar refractivity (Wildman–Crippen MR) is 266 cm³/mol. The van der Waals surface area contributed by atoms with Gasteiger partial charge in [-0.15, -0.1) is 0 Å². The average molecular weight is 804 g/mol. The molecule has 12 aromatic rings. The maximum atomic E-state index is 2.39. The van der Waals surface area contributed by atoms with E-state index in [-0.39, 0.29) is 0 Å². The topological polar surface area (TPSA) is 13.1 Å². The number of para-hydroxylation sites is 6. The Morgan fingerprint density at radius 2 is 0.587 bits per heavy atom. The minimum absolute atomic E-state index is 1.10. The van der Waals surface area contributed by atoms with Crippen molar-refractivity contribution in [2.75, 3.05) is 4.90 Å². The number of hydrogen-bond donors (Lipinski definition) is 0. The second-order valence-corrected chi connectivity index (χ2v) is 16.2. The van der Waals surface area contributed by atoms with Crippen molar-refractivity contribution >= 4 is 60.7 Å². The van der Waals surface area contributed by atoms with Crippen molar-refractivity contribution in [2.45, 2.75) is 0 Å². The van der Waals surface area contributed by atoms with Gasteiger partial charge >= 0.3 is 0 Å². The van der Waals surface area contributed by atoms with Crippen LogP contribution in [0.4, 0.5) is 17.1 Å². The zero-order valence-corrected chi connectivity index (χ0v) is 34.5. The first-order chi connectivity index (χ1) is 31.2. The Morgan fingerprint density at radius 1 is 0.222 bits per heavy atom. The summed E-state index contributed by atoms with van der Waals surface area (Å²) in [6, 6.07) is 90.2. The van der Waals surface area contributed by atoms with Gasteiger partial charge in [0.05, 0.1) is 22.1 Å². The van der Waals surface area contributed by atoms with Crippen LogP contribution in [0.5, 0.6) is 0 Å². The van der Waals surface area contributed by atoms with E-state index in [1.54, 1.807) is 0 Å². The third-order valence-electron chi connectivity index (χ3n) is 12.4. The highest BCUT2D eigenvalue weighted by Gasteiger charge is 2.18. The predicted octanol–water partition coefficient (Wildman–Crippen LogP) is 16.4. The Hall–Kier alpha value is -8.40. The van der Waals surface area contributed by atoms with Crippen LogP contribution in [-0.2, 0) is 0 Å². The zero-order chi connectivity index (χ0) is 41.7. The minimum atomic E-state index is 1.10. The molecule has 63 heavy (non-hydrogen) atoms. The number of aromatic nitrogens is 2. The number of rotatable bonds is 8. The van der Waals surface area contributed by atoms with Gasteiger partial charge in [-0.25, -0.2) is 0 Å². The van der Waals surface area contributed by atoms with E-state index in [0.717, 1.165) is 39.6 Å². The van der Waals surface area contributed by atoms with E-state index >= 15 is 0 Å². The highest BCUT2D eigenvalue weighted by Crippen LogP contribution is 2.42. The Labute approximate surface area is 366 Å². The summed E-state index contributed by atoms with van der Waals surface area (Å²) in [5.74, 6) is 0. The van der Waals surface area contributed by atoms with E-state index in [0.29, 0.717) is 0 Å². The molecular weight excluding hydrogens is 763 g/mol. The molecule has 0 N–H and O–H groups in total. The second-order valence-electron chi connectivity index (χ2n) is 16.2. The van der Waals surface area contributed by atoms with Crippen molar-refractivity contribution in [1.82, 2.24) is 9.13 Å². The van der Waals surface area contributed by atoms with Gasteiger partial charge in [-0.3, -0.25) is 0 Å². The lowest BCUT2D eigenvalue weighted by Gasteiger charge is -2.26. The van der Waals surface area contributed by atoms with E-state index in [9.17, 15) is 0 Å². The van der Waals surface area contributed by atoms with Gasteiger partial charge < -0.3 is 14.0 Å². The third kappa shape index (κ3) is 6.38. The molecule has 296 valence electrons. The Morgan fingerprint density at radius 3 is 1.05 bits per heavy atom. The molecule has 3 nitrogen and oxygen atoms in total. The lowest BCUT2D eigenvalue weighted by molar-refractivity contribution is 1.18. The summed E-state index contributed by atoms with van der Waals surface area (Å²) in [5.41, 5.74) is 17.4. The second kappa shape index (κ2) is 15.3. The minimum Gasteiger partial charge on any atom is -0.310 e. The third-order valence-corrected chi connectivity index (χ3v) is 12.4. The molecule has 0 saturated heterocycles. The molecule has 0 amide bonds. The Balaban J connectivity index is 1.07. The van der Waals surface area contributed by atoms with E-state index in [1.807, 2.05) is 0 Å². The molecule has 2 heterocycles. The molecule has 0 unspecified atom stereocenters. The van der Waals surface area contributed by atoms with E-state index in [2.05, 4.69) is 263 Å². The lowest BCUT2D eigenvalue weighted by atomic mass is 9.92. The van der Waals surface area contributed by atoms with Gasteiger partial charge in [-0.2, -0.15) is 0 Å². The SMILES string of the molecule is c1ccc(N(c2ccccc2)c2cccc(-c3cc(-c4ccc5c(c4)c4ccccc4n5-c4ccccc4)cc(-c4ccc5c(c4)c4ccccc4n5-c4ccccc4)c3)c2)cc1. The number of fused-ring (bicyclic) bond motifs is 6. The van der Waals surface area contributed by atoms with Crippen LogP contribution in [0.1, 0.15) is 0 Å². The maximum Gasteiger partial charge on any atom is 0.0541 e. The number of anilines is 3. The van der Waals surface area contributed by atoms with Gasteiger partial charge in [0.25, 0.3) is 0 Å². The standard InChI is InChI=1S/C60H41N3/c1-5-19-48(20-6-1)61(49-21-7-2-8-22-49)52-27-17-18-42(39-52)45-36-46(43-32-34-59-55(40-43)53-28-13-15-30-57(53)62(59)50-23-9-3-10-24-50)38-47(37-45)44-33-35-60-56(41-44)54-29-14-16-31-58(54)63(60)51-25-11-4-12-26-51/h1-41H. The fourth-order valence-electron chi connectivity index (χ4n) is 9.57. The van der Waals surface area contributed by atoms with Gasteiger partial charge in [-0.1, -0.05) is 133 Å². The summed E-state index contributed by atoms with van der Waals surface area (Å²) >= 11 is 0. The van der Waals surface area contributed by atoms with Crippen LogP contribution in [0, 0.1) is 0 Å². The van der Waals surface area contributed by atoms with Crippen LogP contribution in [0.15, 0.2) is 249 Å². The first-order valence-corrected chi connectivity index (χ1v) is 21.6. The number of nitrogens with zero attached hydrogens (tertiary/aromatic N) is 3. The van der Waals surface area contributed by atoms with E-state index in [4.69, 9.17) is 0 Å². The van der Waals surface area contributed by atoms with Gasteiger partial charge in [0.1, 0.15) is 0 Å². The molecule has 0 saturated carbocycles. The molecule has 3 heteroatoms. The molecule has 0 spiro atoms. The molecule has 0 aliphatic carbocycles. The molecule has 2 aromatic heterocycles. The summed E-state index contributed by atoms with van der Waals surface area (Å²) in [7, 11) is 0. The largest absolute Gasteiger partial charge is 0.310 e. The normalized spacial score (nSPS) is 11.5. The zero-order valence-electron chi connectivity index (χ0n) is 34.5. The van der Waals surface area contributed by atoms with Crippen molar-refractivity contribution in [3.63, 3.8) is 0 Å². The summed E-state index contributed by atoms with van der Waals surface area (Å²) in [4.78, 5) is 2.33. The molecule has 12 rings (SSSR count). The molecule has 0 aliphatic rings. The van der Waals surface area contributed by atoms with E-state index in [1.165, 1.54) is 65.9 Å². The van der Waals surface area contributed by atoms with Crippen LogP contribution >= 0.6 is 0 Å². The van der Waals surface area contributed by atoms with Crippen LogP contribution in [0.3, 0.4) is 0 Å². The quantitative estimate of drug-likeness (QED) is 0.149.